The Labute approximate surface area is 104 Å². The van der Waals surface area contributed by atoms with Crippen LogP contribution in [0.1, 0.15) is 26.5 Å². The molecular weight excluding hydrogens is 228 g/mol. The number of aromatic nitrogens is 2. The molecule has 0 aliphatic carbocycles. The third-order valence-electron chi connectivity index (χ3n) is 3.04. The van der Waals surface area contributed by atoms with Crippen molar-refractivity contribution in [2.24, 2.45) is 0 Å². The summed E-state index contributed by atoms with van der Waals surface area (Å²) in [4.78, 5) is 18.8. The summed E-state index contributed by atoms with van der Waals surface area (Å²) in [7, 11) is 0. The summed E-state index contributed by atoms with van der Waals surface area (Å²) in [6, 6.07) is 5.92. The van der Waals surface area contributed by atoms with Crippen molar-refractivity contribution in [1.82, 2.24) is 9.97 Å². The summed E-state index contributed by atoms with van der Waals surface area (Å²) in [6.45, 7) is 6.10. The minimum atomic E-state index is -0.547. The first-order valence-corrected chi connectivity index (χ1v) is 5.88. The average molecular weight is 242 g/mol. The van der Waals surface area contributed by atoms with E-state index in [1.54, 1.807) is 0 Å². The molecule has 0 unspecified atom stereocenters. The summed E-state index contributed by atoms with van der Waals surface area (Å²) >= 11 is 0. The highest BCUT2D eigenvalue weighted by molar-refractivity contribution is 6.02. The molecule has 4 nitrogen and oxygen atoms in total. The van der Waals surface area contributed by atoms with Crippen molar-refractivity contribution < 1.29 is 4.42 Å². The Kier molecular flexibility index (Phi) is 2.11. The van der Waals surface area contributed by atoms with Crippen LogP contribution in [0.15, 0.2) is 33.6 Å². The number of nitrogens with zero attached hydrogens (tertiary/aromatic N) is 1. The van der Waals surface area contributed by atoms with Gasteiger partial charge in [-0.1, -0.05) is 26.8 Å². The second-order valence-corrected chi connectivity index (χ2v) is 5.46. The minimum Gasteiger partial charge on any atom is -0.406 e. The van der Waals surface area contributed by atoms with Crippen molar-refractivity contribution in [3.63, 3.8) is 0 Å². The van der Waals surface area contributed by atoms with Gasteiger partial charge in [0.05, 0.1) is 11.2 Å². The molecule has 2 heterocycles. The number of H-pyrrole nitrogens is 1. The third kappa shape index (κ3) is 1.53. The van der Waals surface area contributed by atoms with E-state index in [0.29, 0.717) is 5.58 Å². The van der Waals surface area contributed by atoms with Gasteiger partial charge in [-0.05, 0) is 12.1 Å². The number of rotatable bonds is 0. The van der Waals surface area contributed by atoms with Crippen molar-refractivity contribution in [3.05, 3.63) is 40.6 Å². The Bertz CT molecular complexity index is 791. The molecule has 1 N–H and O–H groups in total. The van der Waals surface area contributed by atoms with Gasteiger partial charge in [-0.25, -0.2) is 4.79 Å². The van der Waals surface area contributed by atoms with E-state index in [-0.39, 0.29) is 5.41 Å². The number of nitrogens with one attached hydrogen (secondary N) is 1. The van der Waals surface area contributed by atoms with E-state index < -0.39 is 5.76 Å². The SMILES string of the molecule is CC(C)(C)c1nc(=O)oc2c1ccc1cc[nH]c12. The van der Waals surface area contributed by atoms with Gasteiger partial charge in [0.25, 0.3) is 0 Å². The van der Waals surface area contributed by atoms with Crippen LogP contribution in [0.3, 0.4) is 0 Å². The van der Waals surface area contributed by atoms with Crippen molar-refractivity contribution in [1.29, 1.82) is 0 Å². The quantitative estimate of drug-likeness (QED) is 0.659. The van der Waals surface area contributed by atoms with Crippen LogP contribution in [0.5, 0.6) is 0 Å². The van der Waals surface area contributed by atoms with Crippen LogP contribution >= 0.6 is 0 Å². The number of fused-ring (bicyclic) bond motifs is 3. The van der Waals surface area contributed by atoms with Gasteiger partial charge in [-0.15, -0.1) is 0 Å². The molecule has 18 heavy (non-hydrogen) atoms. The topological polar surface area (TPSA) is 58.9 Å². The second kappa shape index (κ2) is 3.45. The molecule has 0 saturated carbocycles. The standard InChI is InChI=1S/C14H14N2O2/c1-14(2,3)12-9-5-4-8-6-7-15-10(8)11(9)18-13(17)16-12/h4-7,15H,1-3H3. The molecule has 2 aromatic heterocycles. The van der Waals surface area contributed by atoms with Gasteiger partial charge >= 0.3 is 5.76 Å². The van der Waals surface area contributed by atoms with E-state index >= 15 is 0 Å². The Hall–Kier alpha value is -2.10. The van der Waals surface area contributed by atoms with E-state index in [1.165, 1.54) is 0 Å². The number of hydrogen-bond donors (Lipinski definition) is 1. The average Bonchev–Trinajstić information content (AvgIpc) is 2.74. The van der Waals surface area contributed by atoms with Gasteiger partial charge in [0.15, 0.2) is 5.58 Å². The second-order valence-electron chi connectivity index (χ2n) is 5.46. The maximum absolute atomic E-state index is 11.6. The monoisotopic (exact) mass is 242 g/mol. The van der Waals surface area contributed by atoms with Crippen LogP contribution in [0.4, 0.5) is 0 Å². The zero-order valence-corrected chi connectivity index (χ0v) is 10.6. The molecular formula is C14H14N2O2. The fourth-order valence-corrected chi connectivity index (χ4v) is 2.23. The lowest BCUT2D eigenvalue weighted by Crippen LogP contribution is -2.19. The van der Waals surface area contributed by atoms with Crippen LogP contribution in [-0.2, 0) is 5.41 Å². The third-order valence-corrected chi connectivity index (χ3v) is 3.04. The number of hydrogen-bond acceptors (Lipinski definition) is 3. The molecule has 0 spiro atoms. The molecule has 0 aliphatic rings. The lowest BCUT2D eigenvalue weighted by molar-refractivity contribution is 0.500. The molecule has 4 heteroatoms. The van der Waals surface area contributed by atoms with Crippen LogP contribution in [0.25, 0.3) is 21.9 Å². The summed E-state index contributed by atoms with van der Waals surface area (Å²) in [5.41, 5.74) is 2.00. The Morgan fingerprint density at radius 1 is 1.22 bits per heavy atom. The lowest BCUT2D eigenvalue weighted by Gasteiger charge is -2.18. The van der Waals surface area contributed by atoms with Crippen molar-refractivity contribution >= 4 is 21.9 Å². The lowest BCUT2D eigenvalue weighted by atomic mass is 9.89. The highest BCUT2D eigenvalue weighted by Gasteiger charge is 2.21. The maximum Gasteiger partial charge on any atom is 0.439 e. The molecule has 0 bridgehead atoms. The summed E-state index contributed by atoms with van der Waals surface area (Å²) in [5, 5.41) is 1.91. The summed E-state index contributed by atoms with van der Waals surface area (Å²) in [6.07, 6.45) is 1.83. The largest absolute Gasteiger partial charge is 0.439 e. The molecule has 0 aliphatic heterocycles. The zero-order valence-electron chi connectivity index (χ0n) is 10.6. The van der Waals surface area contributed by atoms with Crippen LogP contribution in [-0.4, -0.2) is 9.97 Å². The normalized spacial score (nSPS) is 12.4. The first-order valence-electron chi connectivity index (χ1n) is 5.88. The van der Waals surface area contributed by atoms with E-state index in [1.807, 2.05) is 45.2 Å². The number of benzene rings is 1. The molecule has 0 amide bonds. The van der Waals surface area contributed by atoms with Crippen LogP contribution in [0.2, 0.25) is 0 Å². The van der Waals surface area contributed by atoms with E-state index in [9.17, 15) is 4.79 Å². The van der Waals surface area contributed by atoms with Crippen molar-refractivity contribution in [3.8, 4) is 0 Å². The maximum atomic E-state index is 11.6. The molecule has 0 atom stereocenters. The molecule has 3 aromatic rings. The molecule has 1 aromatic carbocycles. The van der Waals surface area contributed by atoms with Gasteiger partial charge in [0.1, 0.15) is 0 Å². The predicted molar refractivity (Wildman–Crippen MR) is 70.8 cm³/mol. The predicted octanol–water partition coefficient (Wildman–Crippen LogP) is 2.97. The highest BCUT2D eigenvalue weighted by Crippen LogP contribution is 2.30. The van der Waals surface area contributed by atoms with E-state index in [2.05, 4.69) is 9.97 Å². The molecule has 0 radical (unpaired) electrons. The molecule has 0 fully saturated rings. The molecule has 3 rings (SSSR count). The van der Waals surface area contributed by atoms with Crippen molar-refractivity contribution in [2.75, 3.05) is 0 Å². The van der Waals surface area contributed by atoms with Gasteiger partial charge in [0, 0.05) is 22.4 Å². The smallest absolute Gasteiger partial charge is 0.406 e. The van der Waals surface area contributed by atoms with Crippen LogP contribution in [0, 0.1) is 0 Å². The Morgan fingerprint density at radius 2 is 2.00 bits per heavy atom. The Balaban J connectivity index is 2.56. The summed E-state index contributed by atoms with van der Waals surface area (Å²) < 4.78 is 5.27. The fraction of sp³-hybridized carbons (Fsp3) is 0.286. The zero-order chi connectivity index (χ0) is 12.9. The van der Waals surface area contributed by atoms with Gasteiger partial charge in [-0.3, -0.25) is 0 Å². The van der Waals surface area contributed by atoms with Gasteiger partial charge in [-0.2, -0.15) is 4.98 Å². The first-order chi connectivity index (χ1) is 8.47. The molecule has 0 saturated heterocycles. The Morgan fingerprint density at radius 3 is 2.72 bits per heavy atom. The van der Waals surface area contributed by atoms with Crippen LogP contribution < -0.4 is 5.76 Å². The number of aromatic amines is 1. The van der Waals surface area contributed by atoms with Gasteiger partial charge in [0.2, 0.25) is 0 Å². The fourth-order valence-electron chi connectivity index (χ4n) is 2.23. The van der Waals surface area contributed by atoms with E-state index in [4.69, 9.17) is 4.42 Å². The first kappa shape index (κ1) is 11.0. The van der Waals surface area contributed by atoms with Gasteiger partial charge < -0.3 is 9.40 Å². The van der Waals surface area contributed by atoms with E-state index in [0.717, 1.165) is 22.0 Å². The summed E-state index contributed by atoms with van der Waals surface area (Å²) in [5.74, 6) is -0.547. The van der Waals surface area contributed by atoms with Crippen molar-refractivity contribution in [2.45, 2.75) is 26.2 Å². The molecule has 92 valence electrons. The minimum absolute atomic E-state index is 0.200. The highest BCUT2D eigenvalue weighted by atomic mass is 16.4.